The Balaban J connectivity index is 2.26. The summed E-state index contributed by atoms with van der Waals surface area (Å²) in [6.07, 6.45) is 0. The van der Waals surface area contributed by atoms with E-state index in [4.69, 9.17) is 18.0 Å². The van der Waals surface area contributed by atoms with Crippen LogP contribution >= 0.6 is 12.2 Å². The number of piperazine rings is 1. The predicted molar refractivity (Wildman–Crippen MR) is 87.8 cm³/mol. The Hall–Kier alpha value is -1.02. The standard InChI is InChI=1S/C14H21N3O2S2/c1-11(2)16-7-9-17(10-8-16)21(18,19)13-6-4-3-5-12(13)14(15)20/h3-6,11H,7-10H2,1-2H3,(H2,15,20). The fraction of sp³-hybridized carbons (Fsp3) is 0.500. The second-order valence-corrected chi connectivity index (χ2v) is 7.74. The fourth-order valence-corrected chi connectivity index (χ4v) is 4.37. The molecule has 7 heteroatoms. The van der Waals surface area contributed by atoms with Crippen molar-refractivity contribution in [3.63, 3.8) is 0 Å². The molecule has 0 aliphatic carbocycles. The minimum Gasteiger partial charge on any atom is -0.389 e. The van der Waals surface area contributed by atoms with Crippen molar-refractivity contribution >= 4 is 27.2 Å². The maximum atomic E-state index is 12.8. The van der Waals surface area contributed by atoms with Crippen LogP contribution in [0.25, 0.3) is 0 Å². The summed E-state index contributed by atoms with van der Waals surface area (Å²) < 4.78 is 27.1. The summed E-state index contributed by atoms with van der Waals surface area (Å²) >= 11 is 4.96. The van der Waals surface area contributed by atoms with E-state index in [2.05, 4.69) is 18.7 Å². The van der Waals surface area contributed by atoms with Crippen molar-refractivity contribution in [2.45, 2.75) is 24.8 Å². The SMILES string of the molecule is CC(C)N1CCN(S(=O)(=O)c2ccccc2C(N)=S)CC1. The molecule has 1 fully saturated rings. The van der Waals surface area contributed by atoms with Crippen LogP contribution < -0.4 is 5.73 Å². The van der Waals surface area contributed by atoms with Gasteiger partial charge in [0, 0.05) is 37.8 Å². The molecule has 0 saturated carbocycles. The maximum Gasteiger partial charge on any atom is 0.243 e. The lowest BCUT2D eigenvalue weighted by molar-refractivity contribution is 0.154. The third kappa shape index (κ3) is 3.42. The number of thiocarbonyl (C=S) groups is 1. The van der Waals surface area contributed by atoms with E-state index in [0.29, 0.717) is 24.7 Å². The van der Waals surface area contributed by atoms with E-state index in [0.717, 1.165) is 13.1 Å². The van der Waals surface area contributed by atoms with Crippen molar-refractivity contribution in [1.29, 1.82) is 0 Å². The summed E-state index contributed by atoms with van der Waals surface area (Å²) in [7, 11) is -3.55. The van der Waals surface area contributed by atoms with Crippen molar-refractivity contribution in [1.82, 2.24) is 9.21 Å². The number of hydrogen-bond donors (Lipinski definition) is 1. The molecule has 5 nitrogen and oxygen atoms in total. The van der Waals surface area contributed by atoms with Gasteiger partial charge in [0.1, 0.15) is 4.99 Å². The monoisotopic (exact) mass is 327 g/mol. The van der Waals surface area contributed by atoms with Crippen LogP contribution in [0.4, 0.5) is 0 Å². The van der Waals surface area contributed by atoms with E-state index in [-0.39, 0.29) is 9.88 Å². The Labute approximate surface area is 131 Å². The molecule has 1 aliphatic heterocycles. The van der Waals surface area contributed by atoms with Crippen LogP contribution in [0, 0.1) is 0 Å². The zero-order chi connectivity index (χ0) is 15.6. The van der Waals surface area contributed by atoms with Gasteiger partial charge in [-0.15, -0.1) is 0 Å². The smallest absolute Gasteiger partial charge is 0.243 e. The maximum absolute atomic E-state index is 12.8. The fourth-order valence-electron chi connectivity index (χ4n) is 2.49. The minimum absolute atomic E-state index is 0.106. The van der Waals surface area contributed by atoms with E-state index >= 15 is 0 Å². The van der Waals surface area contributed by atoms with Crippen LogP contribution in [-0.2, 0) is 10.0 Å². The summed E-state index contributed by atoms with van der Waals surface area (Å²) in [5, 5.41) is 0. The van der Waals surface area contributed by atoms with Gasteiger partial charge in [-0.3, -0.25) is 4.90 Å². The van der Waals surface area contributed by atoms with Gasteiger partial charge < -0.3 is 5.73 Å². The summed E-state index contributed by atoms with van der Waals surface area (Å²) in [5.41, 5.74) is 6.06. The van der Waals surface area contributed by atoms with Gasteiger partial charge in [0.05, 0.1) is 4.90 Å². The number of nitrogens with two attached hydrogens (primary N) is 1. The van der Waals surface area contributed by atoms with Crippen LogP contribution in [0.5, 0.6) is 0 Å². The second-order valence-electron chi connectivity index (χ2n) is 5.39. The van der Waals surface area contributed by atoms with Crippen LogP contribution in [0.2, 0.25) is 0 Å². The van der Waals surface area contributed by atoms with E-state index in [1.54, 1.807) is 24.3 Å². The Morgan fingerprint density at radius 3 is 2.29 bits per heavy atom. The van der Waals surface area contributed by atoms with Crippen LogP contribution in [0.15, 0.2) is 29.2 Å². The number of nitrogens with zero attached hydrogens (tertiary/aromatic N) is 2. The zero-order valence-corrected chi connectivity index (χ0v) is 14.0. The quantitative estimate of drug-likeness (QED) is 0.837. The first-order chi connectivity index (χ1) is 9.84. The zero-order valence-electron chi connectivity index (χ0n) is 12.3. The number of hydrogen-bond acceptors (Lipinski definition) is 4. The average molecular weight is 327 g/mol. The predicted octanol–water partition coefficient (Wildman–Crippen LogP) is 1.04. The molecule has 0 radical (unpaired) electrons. The molecule has 1 aliphatic rings. The van der Waals surface area contributed by atoms with Crippen LogP contribution in [0.1, 0.15) is 19.4 Å². The molecule has 1 aromatic rings. The lowest BCUT2D eigenvalue weighted by Gasteiger charge is -2.36. The molecule has 2 N–H and O–H groups in total. The van der Waals surface area contributed by atoms with Gasteiger partial charge >= 0.3 is 0 Å². The van der Waals surface area contributed by atoms with Gasteiger partial charge in [-0.25, -0.2) is 8.42 Å². The molecule has 2 rings (SSSR count). The lowest BCUT2D eigenvalue weighted by Crippen LogP contribution is -2.50. The van der Waals surface area contributed by atoms with Gasteiger partial charge in [-0.1, -0.05) is 30.4 Å². The number of rotatable bonds is 4. The highest BCUT2D eigenvalue weighted by molar-refractivity contribution is 7.89. The highest BCUT2D eigenvalue weighted by Gasteiger charge is 2.30. The molecule has 1 aromatic carbocycles. The van der Waals surface area contributed by atoms with Crippen molar-refractivity contribution in [2.75, 3.05) is 26.2 Å². The third-order valence-corrected chi connectivity index (χ3v) is 5.95. The van der Waals surface area contributed by atoms with Crippen LogP contribution in [0.3, 0.4) is 0 Å². The summed E-state index contributed by atoms with van der Waals surface area (Å²) in [6, 6.07) is 7.08. The molecule has 0 unspecified atom stereocenters. The van der Waals surface area contributed by atoms with Crippen molar-refractivity contribution in [3.8, 4) is 0 Å². The number of benzene rings is 1. The molecule has 1 heterocycles. The summed E-state index contributed by atoms with van der Waals surface area (Å²) in [5.74, 6) is 0. The molecule has 116 valence electrons. The lowest BCUT2D eigenvalue weighted by atomic mass is 10.2. The van der Waals surface area contributed by atoms with Gasteiger partial charge in [0.15, 0.2) is 0 Å². The first-order valence-electron chi connectivity index (χ1n) is 6.97. The molecule has 0 bridgehead atoms. The van der Waals surface area contributed by atoms with Crippen molar-refractivity contribution in [3.05, 3.63) is 29.8 Å². The first-order valence-corrected chi connectivity index (χ1v) is 8.82. The molecule has 0 aromatic heterocycles. The molecule has 0 spiro atoms. The molecule has 0 atom stereocenters. The van der Waals surface area contributed by atoms with Gasteiger partial charge in [-0.2, -0.15) is 4.31 Å². The van der Waals surface area contributed by atoms with Gasteiger partial charge in [0.25, 0.3) is 0 Å². The largest absolute Gasteiger partial charge is 0.389 e. The molecule has 21 heavy (non-hydrogen) atoms. The summed E-state index contributed by atoms with van der Waals surface area (Å²) in [6.45, 7) is 6.70. The Morgan fingerprint density at radius 2 is 1.76 bits per heavy atom. The van der Waals surface area contributed by atoms with Crippen molar-refractivity contribution < 1.29 is 8.42 Å². The molecule has 1 saturated heterocycles. The Kier molecular flexibility index (Phi) is 4.98. The second kappa shape index (κ2) is 6.39. The minimum atomic E-state index is -3.55. The van der Waals surface area contributed by atoms with Crippen LogP contribution in [-0.4, -0.2) is 54.8 Å². The normalized spacial score (nSPS) is 18.0. The van der Waals surface area contributed by atoms with E-state index in [9.17, 15) is 8.42 Å². The van der Waals surface area contributed by atoms with E-state index < -0.39 is 10.0 Å². The van der Waals surface area contributed by atoms with E-state index in [1.165, 1.54) is 4.31 Å². The molecular formula is C14H21N3O2S2. The average Bonchev–Trinajstić information content (AvgIpc) is 2.47. The highest BCUT2D eigenvalue weighted by atomic mass is 32.2. The van der Waals surface area contributed by atoms with Crippen molar-refractivity contribution in [2.24, 2.45) is 5.73 Å². The first kappa shape index (κ1) is 16.4. The Bertz CT molecular complexity index is 621. The molecular weight excluding hydrogens is 306 g/mol. The summed E-state index contributed by atoms with van der Waals surface area (Å²) in [4.78, 5) is 2.58. The van der Waals surface area contributed by atoms with E-state index in [1.807, 2.05) is 0 Å². The Morgan fingerprint density at radius 1 is 1.19 bits per heavy atom. The topological polar surface area (TPSA) is 66.6 Å². The highest BCUT2D eigenvalue weighted by Crippen LogP contribution is 2.22. The van der Waals surface area contributed by atoms with Gasteiger partial charge in [-0.05, 0) is 19.9 Å². The van der Waals surface area contributed by atoms with Gasteiger partial charge in [0.2, 0.25) is 10.0 Å². The number of sulfonamides is 1. The third-order valence-electron chi connectivity index (χ3n) is 3.77. The molecule has 0 amide bonds.